The van der Waals surface area contributed by atoms with Gasteiger partial charge in [-0.15, -0.1) is 0 Å². The van der Waals surface area contributed by atoms with Crippen LogP contribution in [0.2, 0.25) is 0 Å². The van der Waals surface area contributed by atoms with E-state index in [1.54, 1.807) is 0 Å². The number of rotatable bonds is 4. The van der Waals surface area contributed by atoms with Crippen LogP contribution in [0.4, 0.5) is 0 Å². The Morgan fingerprint density at radius 2 is 1.89 bits per heavy atom. The summed E-state index contributed by atoms with van der Waals surface area (Å²) in [6.45, 7) is 13.9. The van der Waals surface area contributed by atoms with Crippen molar-refractivity contribution in [2.75, 3.05) is 6.54 Å². The molecule has 1 aliphatic rings. The van der Waals surface area contributed by atoms with E-state index in [4.69, 9.17) is 5.73 Å². The predicted molar refractivity (Wildman–Crippen MR) is 80.7 cm³/mol. The molecule has 0 saturated heterocycles. The lowest BCUT2D eigenvalue weighted by Crippen LogP contribution is -2.52. The summed E-state index contributed by atoms with van der Waals surface area (Å²) < 4.78 is 0. The number of amides is 1. The van der Waals surface area contributed by atoms with Gasteiger partial charge in [0, 0.05) is 18.5 Å². The van der Waals surface area contributed by atoms with E-state index in [2.05, 4.69) is 46.9 Å². The Hall–Kier alpha value is -0.570. The molecule has 0 spiro atoms. The molecular weight excluding hydrogens is 236 g/mol. The first kappa shape index (κ1) is 16.5. The van der Waals surface area contributed by atoms with Gasteiger partial charge in [-0.1, -0.05) is 41.5 Å². The van der Waals surface area contributed by atoms with Gasteiger partial charge in [-0.3, -0.25) is 4.79 Å². The van der Waals surface area contributed by atoms with Crippen LogP contribution in [0, 0.1) is 29.1 Å². The monoisotopic (exact) mass is 268 g/mol. The topological polar surface area (TPSA) is 55.1 Å². The Labute approximate surface area is 118 Å². The normalized spacial score (nSPS) is 32.1. The summed E-state index contributed by atoms with van der Waals surface area (Å²) in [5, 5.41) is 3.14. The zero-order chi connectivity index (χ0) is 14.8. The van der Waals surface area contributed by atoms with Crippen LogP contribution in [0.25, 0.3) is 0 Å². The van der Waals surface area contributed by atoms with Crippen LogP contribution < -0.4 is 11.1 Å². The van der Waals surface area contributed by atoms with Crippen LogP contribution in [0.5, 0.6) is 0 Å². The highest BCUT2D eigenvalue weighted by molar-refractivity contribution is 5.79. The molecule has 1 rings (SSSR count). The van der Waals surface area contributed by atoms with Gasteiger partial charge < -0.3 is 11.1 Å². The van der Waals surface area contributed by atoms with Crippen molar-refractivity contribution in [3.8, 4) is 0 Å². The summed E-state index contributed by atoms with van der Waals surface area (Å²) in [5.74, 6) is 1.83. The van der Waals surface area contributed by atoms with Gasteiger partial charge in [0.05, 0.1) is 0 Å². The van der Waals surface area contributed by atoms with E-state index >= 15 is 0 Å². The molecule has 0 aromatic carbocycles. The van der Waals surface area contributed by atoms with Gasteiger partial charge in [0.15, 0.2) is 0 Å². The van der Waals surface area contributed by atoms with Crippen molar-refractivity contribution in [3.05, 3.63) is 0 Å². The van der Waals surface area contributed by atoms with Crippen molar-refractivity contribution in [2.24, 2.45) is 34.8 Å². The average molecular weight is 268 g/mol. The Bertz CT molecular complexity index is 312. The molecule has 3 nitrogen and oxygen atoms in total. The summed E-state index contributed by atoms with van der Waals surface area (Å²) in [6, 6.07) is 0.230. The smallest absolute Gasteiger partial charge is 0.223 e. The van der Waals surface area contributed by atoms with E-state index in [-0.39, 0.29) is 23.3 Å². The first-order valence-corrected chi connectivity index (χ1v) is 7.71. The van der Waals surface area contributed by atoms with Gasteiger partial charge >= 0.3 is 0 Å². The lowest BCUT2D eigenvalue weighted by Gasteiger charge is -2.46. The fourth-order valence-electron chi connectivity index (χ4n) is 2.94. The first-order chi connectivity index (χ1) is 8.67. The molecule has 0 radical (unpaired) electrons. The van der Waals surface area contributed by atoms with E-state index in [9.17, 15) is 4.79 Å². The quantitative estimate of drug-likeness (QED) is 0.823. The maximum absolute atomic E-state index is 12.4. The summed E-state index contributed by atoms with van der Waals surface area (Å²) in [5.41, 5.74) is 6.14. The van der Waals surface area contributed by atoms with Crippen LogP contribution in [0.3, 0.4) is 0 Å². The first-order valence-electron chi connectivity index (χ1n) is 7.71. The highest BCUT2D eigenvalue weighted by Gasteiger charge is 2.44. The van der Waals surface area contributed by atoms with Gasteiger partial charge in [-0.05, 0) is 36.0 Å². The number of nitrogens with one attached hydrogen (secondary N) is 1. The minimum absolute atomic E-state index is 0.0111. The summed E-state index contributed by atoms with van der Waals surface area (Å²) >= 11 is 0. The molecule has 4 atom stereocenters. The van der Waals surface area contributed by atoms with E-state index in [1.165, 1.54) is 0 Å². The molecular formula is C16H32N2O. The molecule has 0 aliphatic heterocycles. The molecule has 1 aliphatic carbocycles. The third kappa shape index (κ3) is 3.71. The van der Waals surface area contributed by atoms with Crippen molar-refractivity contribution < 1.29 is 4.79 Å². The highest BCUT2D eigenvalue weighted by Crippen LogP contribution is 2.44. The van der Waals surface area contributed by atoms with Crippen LogP contribution in [0.15, 0.2) is 0 Å². The van der Waals surface area contributed by atoms with Crippen LogP contribution in [-0.4, -0.2) is 18.5 Å². The second kappa shape index (κ2) is 6.25. The molecule has 4 unspecified atom stereocenters. The SMILES string of the molecule is CC(C)C(C)CNC(=O)C1CCC(N)C(C)C1(C)C. The lowest BCUT2D eigenvalue weighted by atomic mass is 9.61. The Kier molecular flexibility index (Phi) is 5.43. The molecule has 1 fully saturated rings. The highest BCUT2D eigenvalue weighted by atomic mass is 16.1. The van der Waals surface area contributed by atoms with E-state index in [1.807, 2.05) is 0 Å². The molecule has 1 saturated carbocycles. The number of hydrogen-bond acceptors (Lipinski definition) is 2. The molecule has 3 heteroatoms. The van der Waals surface area contributed by atoms with E-state index in [0.717, 1.165) is 19.4 Å². The molecule has 19 heavy (non-hydrogen) atoms. The van der Waals surface area contributed by atoms with Crippen molar-refractivity contribution in [2.45, 2.75) is 60.4 Å². The average Bonchev–Trinajstić information content (AvgIpc) is 2.32. The van der Waals surface area contributed by atoms with Crippen LogP contribution >= 0.6 is 0 Å². The molecule has 112 valence electrons. The van der Waals surface area contributed by atoms with E-state index < -0.39 is 0 Å². The molecule has 3 N–H and O–H groups in total. The lowest BCUT2D eigenvalue weighted by molar-refractivity contribution is -0.132. The standard InChI is InChI=1S/C16H32N2O/c1-10(2)11(3)9-18-15(19)13-7-8-14(17)12(4)16(13,5)6/h10-14H,7-9,17H2,1-6H3,(H,18,19). The number of carbonyl (C=O) groups excluding carboxylic acids is 1. The number of carbonyl (C=O) groups is 1. The Morgan fingerprint density at radius 1 is 1.32 bits per heavy atom. The third-order valence-electron chi connectivity index (χ3n) is 5.56. The summed E-state index contributed by atoms with van der Waals surface area (Å²) in [4.78, 5) is 12.4. The second-order valence-electron chi connectivity index (χ2n) is 7.37. The van der Waals surface area contributed by atoms with Crippen molar-refractivity contribution in [1.29, 1.82) is 0 Å². The molecule has 1 amide bonds. The summed E-state index contributed by atoms with van der Waals surface area (Å²) in [7, 11) is 0. The van der Waals surface area contributed by atoms with Gasteiger partial charge in [0.1, 0.15) is 0 Å². The van der Waals surface area contributed by atoms with Crippen molar-refractivity contribution in [3.63, 3.8) is 0 Å². The number of nitrogens with two attached hydrogens (primary N) is 1. The Balaban J connectivity index is 2.61. The van der Waals surface area contributed by atoms with Gasteiger partial charge in [0.25, 0.3) is 0 Å². The van der Waals surface area contributed by atoms with Gasteiger partial charge in [-0.2, -0.15) is 0 Å². The van der Waals surface area contributed by atoms with Crippen molar-refractivity contribution >= 4 is 5.91 Å². The molecule has 0 aromatic heterocycles. The van der Waals surface area contributed by atoms with Crippen LogP contribution in [0.1, 0.15) is 54.4 Å². The fourth-order valence-corrected chi connectivity index (χ4v) is 2.94. The largest absolute Gasteiger partial charge is 0.356 e. The fraction of sp³-hybridized carbons (Fsp3) is 0.938. The molecule has 0 bridgehead atoms. The third-order valence-corrected chi connectivity index (χ3v) is 5.56. The van der Waals surface area contributed by atoms with Gasteiger partial charge in [0.2, 0.25) is 5.91 Å². The summed E-state index contributed by atoms with van der Waals surface area (Å²) in [6.07, 6.45) is 1.88. The minimum Gasteiger partial charge on any atom is -0.356 e. The van der Waals surface area contributed by atoms with Crippen molar-refractivity contribution in [1.82, 2.24) is 5.32 Å². The predicted octanol–water partition coefficient (Wildman–Crippen LogP) is 2.79. The molecule has 0 heterocycles. The minimum atomic E-state index is -0.0111. The Morgan fingerprint density at radius 3 is 2.42 bits per heavy atom. The number of hydrogen-bond donors (Lipinski definition) is 2. The zero-order valence-corrected chi connectivity index (χ0v) is 13.5. The molecule has 0 aromatic rings. The maximum atomic E-state index is 12.4. The van der Waals surface area contributed by atoms with E-state index in [0.29, 0.717) is 17.8 Å². The van der Waals surface area contributed by atoms with Crippen LogP contribution in [-0.2, 0) is 4.79 Å². The zero-order valence-electron chi connectivity index (χ0n) is 13.5. The second-order valence-corrected chi connectivity index (χ2v) is 7.37. The van der Waals surface area contributed by atoms with Gasteiger partial charge in [-0.25, -0.2) is 0 Å². The maximum Gasteiger partial charge on any atom is 0.223 e.